The van der Waals surface area contributed by atoms with Crippen LogP contribution in [0.1, 0.15) is 5.56 Å². The molecule has 5 heteroatoms. The van der Waals surface area contributed by atoms with Crippen molar-refractivity contribution in [3.05, 3.63) is 64.1 Å². The number of carbonyl (C=O) groups excluding carboxylic acids is 1. The first kappa shape index (κ1) is 14.0. The Morgan fingerprint density at radius 1 is 1.19 bits per heavy atom. The lowest BCUT2D eigenvalue weighted by molar-refractivity contribution is -0.111. The predicted octanol–water partition coefficient (Wildman–Crippen LogP) is 4.71. The number of aromatic nitrogens is 1. The quantitative estimate of drug-likeness (QED) is 0.688. The van der Waals surface area contributed by atoms with Gasteiger partial charge < -0.3 is 5.32 Å². The molecule has 1 N–H and O–H groups in total. The van der Waals surface area contributed by atoms with Crippen molar-refractivity contribution in [3.8, 4) is 0 Å². The average Bonchev–Trinajstić information content (AvgIpc) is 2.94. The van der Waals surface area contributed by atoms with Crippen molar-refractivity contribution in [3.63, 3.8) is 0 Å². The standard InChI is InChI=1S/C16H11BrN2OS/c17-12-4-1-11(2-5-12)3-8-16(20)19-13-6-7-14-15(9-13)21-10-18-14/h1-10H,(H,19,20)/b8-3+. The van der Waals surface area contributed by atoms with Gasteiger partial charge in [-0.3, -0.25) is 4.79 Å². The zero-order valence-corrected chi connectivity index (χ0v) is 13.3. The van der Waals surface area contributed by atoms with Crippen LogP contribution in [-0.4, -0.2) is 10.9 Å². The van der Waals surface area contributed by atoms with E-state index in [4.69, 9.17) is 0 Å². The number of amides is 1. The number of benzene rings is 2. The number of hydrogen-bond donors (Lipinski definition) is 1. The Kier molecular flexibility index (Phi) is 4.13. The smallest absolute Gasteiger partial charge is 0.248 e. The first-order valence-electron chi connectivity index (χ1n) is 6.28. The van der Waals surface area contributed by atoms with Crippen LogP contribution in [0.3, 0.4) is 0 Å². The monoisotopic (exact) mass is 358 g/mol. The SMILES string of the molecule is O=C(/C=C/c1ccc(Br)cc1)Nc1ccc2ncsc2c1. The molecule has 1 aromatic heterocycles. The molecule has 0 fully saturated rings. The molecule has 21 heavy (non-hydrogen) atoms. The normalized spacial score (nSPS) is 11.1. The third kappa shape index (κ3) is 3.56. The van der Waals surface area contributed by atoms with E-state index in [0.29, 0.717) is 0 Å². The Balaban J connectivity index is 1.69. The lowest BCUT2D eigenvalue weighted by atomic mass is 10.2. The van der Waals surface area contributed by atoms with E-state index in [2.05, 4.69) is 26.2 Å². The summed E-state index contributed by atoms with van der Waals surface area (Å²) in [6.45, 7) is 0. The van der Waals surface area contributed by atoms with Crippen LogP contribution in [0.5, 0.6) is 0 Å². The Labute approximate surface area is 134 Å². The van der Waals surface area contributed by atoms with E-state index >= 15 is 0 Å². The van der Waals surface area contributed by atoms with Gasteiger partial charge in [-0.1, -0.05) is 28.1 Å². The molecule has 3 nitrogen and oxygen atoms in total. The van der Waals surface area contributed by atoms with Crippen molar-refractivity contribution in [2.45, 2.75) is 0 Å². The third-order valence-corrected chi connectivity index (χ3v) is 4.22. The van der Waals surface area contributed by atoms with Crippen LogP contribution < -0.4 is 5.32 Å². The zero-order chi connectivity index (χ0) is 14.7. The highest BCUT2D eigenvalue weighted by Gasteiger charge is 2.01. The highest BCUT2D eigenvalue weighted by atomic mass is 79.9. The molecule has 0 radical (unpaired) electrons. The van der Waals surface area contributed by atoms with E-state index in [0.717, 1.165) is 25.9 Å². The summed E-state index contributed by atoms with van der Waals surface area (Å²) >= 11 is 4.93. The van der Waals surface area contributed by atoms with Gasteiger partial charge in [-0.25, -0.2) is 4.98 Å². The number of halogens is 1. The van der Waals surface area contributed by atoms with Gasteiger partial charge in [0.1, 0.15) is 0 Å². The highest BCUT2D eigenvalue weighted by Crippen LogP contribution is 2.21. The highest BCUT2D eigenvalue weighted by molar-refractivity contribution is 9.10. The molecule has 0 bridgehead atoms. The first-order chi connectivity index (χ1) is 10.2. The van der Waals surface area contributed by atoms with Crippen LogP contribution in [0.25, 0.3) is 16.3 Å². The minimum absolute atomic E-state index is 0.151. The molecule has 1 heterocycles. The number of carbonyl (C=O) groups is 1. The molecule has 104 valence electrons. The van der Waals surface area contributed by atoms with Gasteiger partial charge in [0, 0.05) is 16.2 Å². The summed E-state index contributed by atoms with van der Waals surface area (Å²) in [5.74, 6) is -0.151. The molecule has 0 saturated heterocycles. The van der Waals surface area contributed by atoms with E-state index in [1.807, 2.05) is 42.5 Å². The maximum atomic E-state index is 11.9. The Morgan fingerprint density at radius 2 is 2.00 bits per heavy atom. The summed E-state index contributed by atoms with van der Waals surface area (Å²) < 4.78 is 2.08. The van der Waals surface area contributed by atoms with Gasteiger partial charge in [0.05, 0.1) is 15.7 Å². The van der Waals surface area contributed by atoms with Gasteiger partial charge in [0.25, 0.3) is 0 Å². The second-order valence-corrected chi connectivity index (χ2v) is 6.21. The van der Waals surface area contributed by atoms with Gasteiger partial charge in [0.15, 0.2) is 0 Å². The van der Waals surface area contributed by atoms with Crippen molar-refractivity contribution >= 4 is 55.2 Å². The van der Waals surface area contributed by atoms with Gasteiger partial charge in [-0.05, 0) is 42.0 Å². The van der Waals surface area contributed by atoms with Crippen LogP contribution in [0.2, 0.25) is 0 Å². The van der Waals surface area contributed by atoms with Crippen molar-refractivity contribution < 1.29 is 4.79 Å². The van der Waals surface area contributed by atoms with Crippen LogP contribution in [0.15, 0.2) is 58.5 Å². The number of anilines is 1. The Hall–Kier alpha value is -1.98. The topological polar surface area (TPSA) is 42.0 Å². The van der Waals surface area contributed by atoms with Gasteiger partial charge in [-0.15, -0.1) is 11.3 Å². The van der Waals surface area contributed by atoms with E-state index in [9.17, 15) is 4.79 Å². The molecule has 1 amide bonds. The van der Waals surface area contributed by atoms with Gasteiger partial charge in [0.2, 0.25) is 5.91 Å². The number of nitrogens with one attached hydrogen (secondary N) is 1. The van der Waals surface area contributed by atoms with Crippen molar-refractivity contribution in [2.24, 2.45) is 0 Å². The van der Waals surface area contributed by atoms with Gasteiger partial charge >= 0.3 is 0 Å². The molecule has 0 unspecified atom stereocenters. The van der Waals surface area contributed by atoms with Crippen LogP contribution in [0, 0.1) is 0 Å². The van der Waals surface area contributed by atoms with Crippen LogP contribution in [-0.2, 0) is 4.79 Å². The summed E-state index contributed by atoms with van der Waals surface area (Å²) in [5.41, 5.74) is 4.50. The first-order valence-corrected chi connectivity index (χ1v) is 7.96. The summed E-state index contributed by atoms with van der Waals surface area (Å²) in [5, 5.41) is 2.85. The molecule has 0 aliphatic carbocycles. The predicted molar refractivity (Wildman–Crippen MR) is 91.4 cm³/mol. The fourth-order valence-corrected chi connectivity index (χ4v) is 2.84. The average molecular weight is 359 g/mol. The molecule has 2 aromatic carbocycles. The van der Waals surface area contributed by atoms with E-state index in [1.54, 1.807) is 22.9 Å². The summed E-state index contributed by atoms with van der Waals surface area (Å²) in [4.78, 5) is 16.1. The molecule has 3 aromatic rings. The number of nitrogens with zero attached hydrogens (tertiary/aromatic N) is 1. The van der Waals surface area contributed by atoms with E-state index in [1.165, 1.54) is 6.08 Å². The number of thiazole rings is 1. The molecule has 0 atom stereocenters. The Bertz CT molecular complexity index is 809. The maximum absolute atomic E-state index is 11.9. The molecule has 0 aliphatic heterocycles. The van der Waals surface area contributed by atoms with E-state index in [-0.39, 0.29) is 5.91 Å². The second kappa shape index (κ2) is 6.20. The fourth-order valence-electron chi connectivity index (χ4n) is 1.86. The molecular formula is C16H11BrN2OS. The maximum Gasteiger partial charge on any atom is 0.248 e. The minimum Gasteiger partial charge on any atom is -0.322 e. The van der Waals surface area contributed by atoms with Crippen LogP contribution in [0.4, 0.5) is 5.69 Å². The second-order valence-electron chi connectivity index (χ2n) is 4.41. The summed E-state index contributed by atoms with van der Waals surface area (Å²) in [7, 11) is 0. The number of hydrogen-bond acceptors (Lipinski definition) is 3. The van der Waals surface area contributed by atoms with Crippen molar-refractivity contribution in [1.29, 1.82) is 0 Å². The lowest BCUT2D eigenvalue weighted by Gasteiger charge is -2.01. The van der Waals surface area contributed by atoms with Crippen LogP contribution >= 0.6 is 27.3 Å². The number of rotatable bonds is 3. The molecule has 3 rings (SSSR count). The number of fused-ring (bicyclic) bond motifs is 1. The largest absolute Gasteiger partial charge is 0.322 e. The van der Waals surface area contributed by atoms with Crippen molar-refractivity contribution in [2.75, 3.05) is 5.32 Å². The zero-order valence-electron chi connectivity index (χ0n) is 10.9. The fraction of sp³-hybridized carbons (Fsp3) is 0. The lowest BCUT2D eigenvalue weighted by Crippen LogP contribution is -2.07. The molecule has 0 spiro atoms. The summed E-state index contributed by atoms with van der Waals surface area (Å²) in [6, 6.07) is 13.4. The molecule has 0 aliphatic rings. The van der Waals surface area contributed by atoms with E-state index < -0.39 is 0 Å². The Morgan fingerprint density at radius 3 is 2.81 bits per heavy atom. The van der Waals surface area contributed by atoms with Crippen molar-refractivity contribution in [1.82, 2.24) is 4.98 Å². The molecule has 0 saturated carbocycles. The summed E-state index contributed by atoms with van der Waals surface area (Å²) in [6.07, 6.45) is 3.31. The van der Waals surface area contributed by atoms with Gasteiger partial charge in [-0.2, -0.15) is 0 Å². The minimum atomic E-state index is -0.151. The molecular weight excluding hydrogens is 348 g/mol. The third-order valence-electron chi connectivity index (χ3n) is 2.90.